The number of aliphatic hydroxyl groups is 1. The van der Waals surface area contributed by atoms with E-state index in [9.17, 15) is 14.7 Å². The van der Waals surface area contributed by atoms with Crippen molar-refractivity contribution in [1.82, 2.24) is 49.8 Å². The molecule has 0 unspecified atom stereocenters. The molecule has 6 aromatic carbocycles. The van der Waals surface area contributed by atoms with Gasteiger partial charge in [0, 0.05) is 25.2 Å². The average Bonchev–Trinajstić information content (AvgIpc) is 4.21. The predicted octanol–water partition coefficient (Wildman–Crippen LogP) is 6.94. The lowest BCUT2D eigenvalue weighted by Crippen LogP contribution is -2.46. The normalized spacial score (nSPS) is 12.3. The van der Waals surface area contributed by atoms with Crippen LogP contribution < -0.4 is 29.6 Å². The van der Waals surface area contributed by atoms with Crippen LogP contribution in [0.2, 0.25) is 0 Å². The van der Waals surface area contributed by atoms with Gasteiger partial charge >= 0.3 is 12.2 Å². The fraction of sp³-hybridized carbons (Fsp3) is 0.273. The number of sulfonamides is 2. The molecule has 0 aliphatic heterocycles. The third kappa shape index (κ3) is 14.4. The molecular weight excluding hydrogens is 1060 g/mol. The van der Waals surface area contributed by atoms with Crippen LogP contribution in [-0.2, 0) is 62.3 Å². The maximum absolute atomic E-state index is 16.4. The van der Waals surface area contributed by atoms with E-state index in [0.717, 1.165) is 15.9 Å². The lowest BCUT2D eigenvalue weighted by atomic mass is 9.98. The van der Waals surface area contributed by atoms with Gasteiger partial charge in [-0.25, -0.2) is 36.1 Å². The van der Waals surface area contributed by atoms with Crippen molar-refractivity contribution in [2.24, 2.45) is 0 Å². The first-order valence-corrected chi connectivity index (χ1v) is 27.7. The van der Waals surface area contributed by atoms with Gasteiger partial charge in [-0.2, -0.15) is 9.10 Å². The van der Waals surface area contributed by atoms with Crippen LogP contribution in [0.15, 0.2) is 143 Å². The summed E-state index contributed by atoms with van der Waals surface area (Å²) in [5, 5.41) is 29.3. The van der Waals surface area contributed by atoms with E-state index in [-0.39, 0.29) is 49.7 Å². The number of fused-ring (bicyclic) bond motifs is 1. The number of ether oxygens (including phenoxy) is 5. The number of carbonyl (C=O) groups excluding carboxylic acids is 2. The molecule has 24 heteroatoms. The van der Waals surface area contributed by atoms with Crippen LogP contribution in [0.5, 0.6) is 17.2 Å². The van der Waals surface area contributed by atoms with E-state index in [0.29, 0.717) is 56.4 Å². The molecule has 1 atom stereocenters. The molecule has 0 fully saturated rings. The number of H-pyrrole nitrogens is 1. The molecule has 22 nitrogen and oxygen atoms in total. The Hall–Kier alpha value is -8.42. The number of hydrogen-bond donors (Lipinski definition) is 5. The summed E-state index contributed by atoms with van der Waals surface area (Å²) in [5.41, 5.74) is 2.64. The first kappa shape index (κ1) is 56.8. The number of aromatic nitrogens is 6. The number of alkyl carbamates (subject to hydrolysis) is 2. The number of nitrogens with one attached hydrogen (secondary N) is 4. The Balaban J connectivity index is 1.32. The molecule has 79 heavy (non-hydrogen) atoms. The molecule has 2 aromatic heterocycles. The predicted molar refractivity (Wildman–Crippen MR) is 292 cm³/mol. The minimum Gasteiger partial charge on any atom is -0.497 e. The Morgan fingerprint density at radius 1 is 0.709 bits per heavy atom. The molecule has 8 aromatic rings. The second kappa shape index (κ2) is 24.9. The Bertz CT molecular complexity index is 3560. The fourth-order valence-electron chi connectivity index (χ4n) is 8.27. The van der Waals surface area contributed by atoms with Gasteiger partial charge in [-0.1, -0.05) is 84.9 Å². The summed E-state index contributed by atoms with van der Waals surface area (Å²) >= 11 is 0. The lowest BCUT2D eigenvalue weighted by Gasteiger charge is -2.27. The van der Waals surface area contributed by atoms with Crippen molar-refractivity contribution in [3.63, 3.8) is 0 Å². The van der Waals surface area contributed by atoms with Crippen molar-refractivity contribution in [1.29, 1.82) is 0 Å². The molecular formula is C55H60N10O12S2. The third-order valence-corrected chi connectivity index (χ3v) is 15.7. The van der Waals surface area contributed by atoms with E-state index in [1.807, 2.05) is 6.07 Å². The minimum atomic E-state index is -5.11. The van der Waals surface area contributed by atoms with Gasteiger partial charge in [-0.15, -0.1) is 10.2 Å². The topological polar surface area (TPSA) is 280 Å². The number of methoxy groups -OCH3 is 3. The van der Waals surface area contributed by atoms with Crippen molar-refractivity contribution in [2.75, 3.05) is 34.5 Å². The number of para-hydroxylation sites is 1. The zero-order valence-electron chi connectivity index (χ0n) is 44.2. The number of imidazole rings is 1. The molecule has 0 radical (unpaired) electrons. The van der Waals surface area contributed by atoms with Crippen LogP contribution in [0.1, 0.15) is 48.8 Å². The van der Waals surface area contributed by atoms with Gasteiger partial charge in [0.05, 0.1) is 63.7 Å². The zero-order chi connectivity index (χ0) is 56.3. The molecule has 8 rings (SSSR count). The summed E-state index contributed by atoms with van der Waals surface area (Å²) in [4.78, 5) is 33.4. The second-order valence-corrected chi connectivity index (χ2v) is 22.5. The molecule has 5 N–H and O–H groups in total. The second-order valence-electron chi connectivity index (χ2n) is 19.0. The van der Waals surface area contributed by atoms with Gasteiger partial charge in [0.1, 0.15) is 45.1 Å². The third-order valence-electron chi connectivity index (χ3n) is 12.1. The van der Waals surface area contributed by atoms with E-state index >= 15 is 16.8 Å². The Kier molecular flexibility index (Phi) is 17.9. The van der Waals surface area contributed by atoms with Gasteiger partial charge in [0.25, 0.3) is 0 Å². The van der Waals surface area contributed by atoms with E-state index in [1.54, 1.807) is 143 Å². The molecule has 414 valence electrons. The standard InChI is InChI=1S/C55H60N10O12S2/c1-55(2,3)77-54(68)57-30-48-58-46-14-10-13-45(50(46)59-48)44-27-28-47(78(69,70)62-40(34-66)29-56-53(67)76-35-39-11-8-7-9-12-39)51(49(44)52-60-63-65(61-52)33-38-19-25-43(75-6)26-20-38)79(71,72)64(31-36-15-21-41(73-4)22-16-36)32-37-17-23-42(74-5)24-18-37/h7-28,40,62,66H,29-35H2,1-6H3,(H,56,67)(H,57,68)(H,58,59)/t40-/m0/s1. The number of tetrazole rings is 1. The highest BCUT2D eigenvalue weighted by atomic mass is 32.2. The highest BCUT2D eigenvalue weighted by Crippen LogP contribution is 2.43. The average molecular weight is 1120 g/mol. The molecule has 0 aliphatic carbocycles. The molecule has 0 saturated heterocycles. The van der Waals surface area contributed by atoms with Crippen LogP contribution in [0.4, 0.5) is 9.59 Å². The Morgan fingerprint density at radius 3 is 1.90 bits per heavy atom. The van der Waals surface area contributed by atoms with Crippen LogP contribution in [0, 0.1) is 0 Å². The van der Waals surface area contributed by atoms with Crippen LogP contribution >= 0.6 is 0 Å². The Labute approximate surface area is 457 Å². The summed E-state index contributed by atoms with van der Waals surface area (Å²) in [5.74, 6) is 1.66. The summed E-state index contributed by atoms with van der Waals surface area (Å²) in [6.07, 6.45) is -1.58. The number of benzene rings is 6. The largest absolute Gasteiger partial charge is 0.497 e. The number of rotatable bonds is 23. The van der Waals surface area contributed by atoms with Crippen LogP contribution in [-0.4, -0.2) is 115 Å². The van der Waals surface area contributed by atoms with Crippen molar-refractivity contribution >= 4 is 43.3 Å². The summed E-state index contributed by atoms with van der Waals surface area (Å²) in [7, 11) is -5.61. The lowest BCUT2D eigenvalue weighted by molar-refractivity contribution is 0.0522. The fourth-order valence-corrected chi connectivity index (χ4v) is 11.9. The van der Waals surface area contributed by atoms with Gasteiger partial charge < -0.3 is 44.4 Å². The van der Waals surface area contributed by atoms with Gasteiger partial charge in [-0.05, 0) is 102 Å². The van der Waals surface area contributed by atoms with Crippen LogP contribution in [0.25, 0.3) is 33.5 Å². The molecule has 0 spiro atoms. The van der Waals surface area contributed by atoms with Crippen LogP contribution in [0.3, 0.4) is 0 Å². The summed E-state index contributed by atoms with van der Waals surface area (Å²) in [6.45, 7) is 3.20. The molecule has 0 aliphatic rings. The number of aliphatic hydroxyl groups excluding tert-OH is 1. The van der Waals surface area contributed by atoms with Gasteiger partial charge in [0.15, 0.2) is 0 Å². The van der Waals surface area contributed by atoms with Gasteiger partial charge in [0.2, 0.25) is 25.9 Å². The number of amides is 2. The number of aromatic amines is 1. The van der Waals surface area contributed by atoms with Crippen molar-refractivity contribution in [3.8, 4) is 39.8 Å². The molecule has 2 heterocycles. The quantitative estimate of drug-likeness (QED) is 0.0434. The van der Waals surface area contributed by atoms with E-state index < -0.39 is 66.8 Å². The maximum atomic E-state index is 16.4. The number of nitrogens with zero attached hydrogens (tertiary/aromatic N) is 6. The molecule has 2 amide bonds. The van der Waals surface area contributed by atoms with E-state index in [1.165, 1.54) is 25.1 Å². The molecule has 0 saturated carbocycles. The van der Waals surface area contributed by atoms with Crippen molar-refractivity contribution in [3.05, 3.63) is 162 Å². The zero-order valence-corrected chi connectivity index (χ0v) is 45.8. The Morgan fingerprint density at radius 2 is 1.32 bits per heavy atom. The summed E-state index contributed by atoms with van der Waals surface area (Å²) < 4.78 is 93.7. The number of hydrogen-bond acceptors (Lipinski definition) is 16. The smallest absolute Gasteiger partial charge is 0.408 e. The minimum absolute atomic E-state index is 0.0525. The van der Waals surface area contributed by atoms with Crippen molar-refractivity contribution < 1.29 is 55.2 Å². The first-order chi connectivity index (χ1) is 37.9. The van der Waals surface area contributed by atoms with E-state index in [2.05, 4.69) is 30.7 Å². The molecule has 0 bridgehead atoms. The maximum Gasteiger partial charge on any atom is 0.408 e. The highest BCUT2D eigenvalue weighted by molar-refractivity contribution is 7.92. The summed E-state index contributed by atoms with van der Waals surface area (Å²) in [6, 6.07) is 35.7. The SMILES string of the molecule is COc1ccc(CN(Cc2ccc(OC)cc2)S(=O)(=O)c2c(S(=O)(=O)N[C@H](CO)CNC(=O)OCc3ccccc3)ccc(-c3cccc4[nH]c(CNC(=O)OC(C)(C)C)nc34)c2-c2nnn(Cc3ccc(OC)cc3)n2)cc1. The van der Waals surface area contributed by atoms with Crippen molar-refractivity contribution in [2.45, 2.75) is 75.0 Å². The highest BCUT2D eigenvalue weighted by Gasteiger charge is 2.39. The first-order valence-electron chi connectivity index (χ1n) is 24.7. The number of carbonyl (C=O) groups is 2. The van der Waals surface area contributed by atoms with E-state index in [4.69, 9.17) is 33.8 Å². The van der Waals surface area contributed by atoms with Gasteiger partial charge in [-0.3, -0.25) is 0 Å². The monoisotopic (exact) mass is 1120 g/mol.